The summed E-state index contributed by atoms with van der Waals surface area (Å²) in [5, 5.41) is 7.89. The van der Waals surface area contributed by atoms with Gasteiger partial charge in [0.05, 0.1) is 5.92 Å². The minimum absolute atomic E-state index is 0.0226. The Balaban J connectivity index is 1.50. The van der Waals surface area contributed by atoms with Crippen LogP contribution in [-0.2, 0) is 15.3 Å². The van der Waals surface area contributed by atoms with Gasteiger partial charge in [-0.05, 0) is 50.8 Å². The molecule has 1 saturated carbocycles. The van der Waals surface area contributed by atoms with E-state index >= 15 is 0 Å². The minimum atomic E-state index is -0.620. The molecule has 4 rings (SSSR count). The van der Waals surface area contributed by atoms with Crippen molar-refractivity contribution in [2.24, 2.45) is 11.0 Å². The van der Waals surface area contributed by atoms with Crippen LogP contribution in [0.4, 0.5) is 8.78 Å². The van der Waals surface area contributed by atoms with Crippen molar-refractivity contribution in [2.75, 3.05) is 6.54 Å². The van der Waals surface area contributed by atoms with Crippen LogP contribution >= 0.6 is 23.4 Å². The van der Waals surface area contributed by atoms with Crippen molar-refractivity contribution < 1.29 is 18.4 Å². The van der Waals surface area contributed by atoms with Gasteiger partial charge in [0.2, 0.25) is 11.8 Å². The fourth-order valence-corrected chi connectivity index (χ4v) is 6.00. The molecule has 1 saturated heterocycles. The highest BCUT2D eigenvalue weighted by molar-refractivity contribution is 8.13. The maximum absolute atomic E-state index is 13.6. The number of hydrogen-bond acceptors (Lipinski definition) is 6. The van der Waals surface area contributed by atoms with Crippen LogP contribution in [0.3, 0.4) is 0 Å². The molecule has 2 N–H and O–H groups in total. The molecule has 0 spiro atoms. The zero-order chi connectivity index (χ0) is 23.7. The van der Waals surface area contributed by atoms with Gasteiger partial charge in [-0.2, -0.15) is 5.10 Å². The largest absolute Gasteiger partial charge is 0.354 e. The number of amidine groups is 1. The highest BCUT2D eigenvalue weighted by Crippen LogP contribution is 2.40. The normalized spacial score (nSPS) is 26.6. The van der Waals surface area contributed by atoms with Crippen molar-refractivity contribution in [3.63, 3.8) is 0 Å². The lowest BCUT2D eigenvalue weighted by Gasteiger charge is -2.51. The fourth-order valence-electron chi connectivity index (χ4n) is 4.71. The van der Waals surface area contributed by atoms with E-state index in [-0.39, 0.29) is 48.2 Å². The number of benzene rings is 1. The lowest BCUT2D eigenvalue weighted by atomic mass is 9.81. The fraction of sp³-hybridized carbons (Fsp3) is 0.591. The van der Waals surface area contributed by atoms with Crippen molar-refractivity contribution in [3.8, 4) is 0 Å². The molecule has 1 aromatic rings. The molecule has 0 radical (unpaired) electrons. The molecule has 2 amide bonds. The smallest absolute Gasteiger partial charge is 0.230 e. The Morgan fingerprint density at radius 3 is 2.73 bits per heavy atom. The van der Waals surface area contributed by atoms with E-state index in [1.165, 1.54) is 23.9 Å². The van der Waals surface area contributed by atoms with Crippen LogP contribution in [0.1, 0.15) is 45.1 Å². The quantitative estimate of drug-likeness (QED) is 0.588. The molecule has 0 aromatic heterocycles. The van der Waals surface area contributed by atoms with Gasteiger partial charge in [-0.25, -0.2) is 8.78 Å². The molecule has 0 bridgehead atoms. The highest BCUT2D eigenvalue weighted by Gasteiger charge is 2.52. The molecular formula is C22H28ClF2N5O2S. The van der Waals surface area contributed by atoms with Gasteiger partial charge in [-0.15, -0.1) is 11.6 Å². The van der Waals surface area contributed by atoms with E-state index < -0.39 is 17.9 Å². The van der Waals surface area contributed by atoms with E-state index in [2.05, 4.69) is 20.7 Å². The van der Waals surface area contributed by atoms with Crippen molar-refractivity contribution >= 4 is 40.3 Å². The summed E-state index contributed by atoms with van der Waals surface area (Å²) in [6, 6.07) is 3.41. The van der Waals surface area contributed by atoms with Gasteiger partial charge in [0.1, 0.15) is 11.6 Å². The summed E-state index contributed by atoms with van der Waals surface area (Å²) in [7, 11) is 0. The first kappa shape index (κ1) is 24.1. The molecule has 4 atom stereocenters. The van der Waals surface area contributed by atoms with Crippen molar-refractivity contribution in [1.29, 1.82) is 0 Å². The number of thioether (sulfide) groups is 1. The number of hydrogen-bond donors (Lipinski definition) is 2. The molecule has 11 heteroatoms. The molecule has 2 heterocycles. The average Bonchev–Trinajstić information content (AvgIpc) is 3.15. The number of amides is 2. The monoisotopic (exact) mass is 499 g/mol. The summed E-state index contributed by atoms with van der Waals surface area (Å²) in [4.78, 5) is 29.3. The molecule has 7 nitrogen and oxygen atoms in total. The number of carbonyl (C=O) groups excluding carboxylic acids is 2. The molecule has 3 aliphatic rings. The third-order valence-electron chi connectivity index (χ3n) is 6.08. The standard InChI is InChI=1S/C22H28ClF2N5O2S/c1-12(2)26-19(31)5-6-29-20(32)17-9-14(23)3-4-18(17)30-21(29)27-28-22(30)33-11-13-7-15(24)10-16(25)8-13/h7-8,10,12,14,17-18,21,27H,3-6,9,11H2,1-2H3,(H,26,31). The molecule has 4 unspecified atom stereocenters. The molecular weight excluding hydrogens is 472 g/mol. The third-order valence-corrected chi connectivity index (χ3v) is 7.52. The van der Waals surface area contributed by atoms with Gasteiger partial charge in [-0.3, -0.25) is 15.0 Å². The lowest BCUT2D eigenvalue weighted by Crippen LogP contribution is -2.67. The van der Waals surface area contributed by atoms with E-state index in [1.54, 1.807) is 4.90 Å². The van der Waals surface area contributed by atoms with Crippen LogP contribution in [0.2, 0.25) is 0 Å². The third kappa shape index (κ3) is 5.37. The van der Waals surface area contributed by atoms with E-state index in [0.29, 0.717) is 22.9 Å². The Hall–Kier alpha value is -2.07. The maximum atomic E-state index is 13.6. The number of nitrogens with one attached hydrogen (secondary N) is 2. The van der Waals surface area contributed by atoms with E-state index in [4.69, 9.17) is 11.6 Å². The molecule has 2 fully saturated rings. The molecule has 33 heavy (non-hydrogen) atoms. The molecule has 1 aliphatic carbocycles. The van der Waals surface area contributed by atoms with Gasteiger partial charge >= 0.3 is 0 Å². The van der Waals surface area contributed by atoms with Crippen LogP contribution in [0.5, 0.6) is 0 Å². The highest BCUT2D eigenvalue weighted by atomic mass is 35.5. The predicted octanol–water partition coefficient (Wildman–Crippen LogP) is 3.19. The van der Waals surface area contributed by atoms with Crippen LogP contribution in [0.25, 0.3) is 0 Å². The second-order valence-corrected chi connectivity index (χ2v) is 10.5. The summed E-state index contributed by atoms with van der Waals surface area (Å²) in [5.41, 5.74) is 3.56. The van der Waals surface area contributed by atoms with Crippen molar-refractivity contribution in [1.82, 2.24) is 20.5 Å². The zero-order valence-corrected chi connectivity index (χ0v) is 20.1. The van der Waals surface area contributed by atoms with Crippen molar-refractivity contribution in [3.05, 3.63) is 35.4 Å². The van der Waals surface area contributed by atoms with Crippen LogP contribution in [-0.4, -0.2) is 57.1 Å². The Morgan fingerprint density at radius 1 is 1.30 bits per heavy atom. The minimum Gasteiger partial charge on any atom is -0.354 e. The first-order valence-electron chi connectivity index (χ1n) is 11.2. The number of nitrogens with zero attached hydrogens (tertiary/aromatic N) is 3. The number of alkyl halides is 1. The number of fused-ring (bicyclic) bond motifs is 3. The number of rotatable bonds is 6. The first-order chi connectivity index (χ1) is 15.7. The summed E-state index contributed by atoms with van der Waals surface area (Å²) in [6.07, 6.45) is 1.80. The average molecular weight is 500 g/mol. The topological polar surface area (TPSA) is 77.0 Å². The number of hydrazone groups is 1. The van der Waals surface area contributed by atoms with E-state index in [9.17, 15) is 18.4 Å². The number of carbonyl (C=O) groups is 2. The Morgan fingerprint density at radius 2 is 2.03 bits per heavy atom. The van der Waals surface area contributed by atoms with Gasteiger partial charge in [0, 0.05) is 42.2 Å². The molecule has 1 aromatic carbocycles. The van der Waals surface area contributed by atoms with Gasteiger partial charge < -0.3 is 15.1 Å². The second-order valence-electron chi connectivity index (χ2n) is 8.96. The van der Waals surface area contributed by atoms with Crippen molar-refractivity contribution in [2.45, 2.75) is 69.0 Å². The Bertz CT molecular complexity index is 929. The summed E-state index contributed by atoms with van der Waals surface area (Å²) < 4.78 is 27.2. The van der Waals surface area contributed by atoms with Gasteiger partial charge in [-0.1, -0.05) is 11.8 Å². The Kier molecular flexibility index (Phi) is 7.33. The Labute approximate surface area is 201 Å². The van der Waals surface area contributed by atoms with Gasteiger partial charge in [0.15, 0.2) is 11.5 Å². The van der Waals surface area contributed by atoms with Crippen LogP contribution < -0.4 is 10.7 Å². The lowest BCUT2D eigenvalue weighted by molar-refractivity contribution is -0.155. The molecule has 2 aliphatic heterocycles. The van der Waals surface area contributed by atoms with Crippen LogP contribution in [0.15, 0.2) is 23.3 Å². The maximum Gasteiger partial charge on any atom is 0.230 e. The van der Waals surface area contributed by atoms with Crippen LogP contribution in [0, 0.1) is 17.6 Å². The summed E-state index contributed by atoms with van der Waals surface area (Å²) >= 11 is 7.77. The van der Waals surface area contributed by atoms with Gasteiger partial charge in [0.25, 0.3) is 0 Å². The van der Waals surface area contributed by atoms with E-state index in [1.807, 2.05) is 13.8 Å². The number of halogens is 3. The second kappa shape index (κ2) is 10.0. The predicted molar refractivity (Wildman–Crippen MR) is 124 cm³/mol. The molecule has 180 valence electrons. The summed E-state index contributed by atoms with van der Waals surface area (Å²) in [5.74, 6) is -1.34. The van der Waals surface area contributed by atoms with E-state index in [0.717, 1.165) is 18.9 Å². The summed E-state index contributed by atoms with van der Waals surface area (Å²) in [6.45, 7) is 4.03. The first-order valence-corrected chi connectivity index (χ1v) is 12.6. The zero-order valence-electron chi connectivity index (χ0n) is 18.6. The SMILES string of the molecule is CC(C)NC(=O)CCN1C(=O)C2CC(Cl)CCC2N2C(SCc3cc(F)cc(F)c3)=NNC12.